The molecule has 2 amide bonds. The van der Waals surface area contributed by atoms with Crippen molar-refractivity contribution in [1.82, 2.24) is 10.2 Å². The minimum atomic E-state index is -0.249. The molecule has 2 aromatic rings. The number of carbonyl (C=O) groups excluding carboxylic acids is 1. The predicted octanol–water partition coefficient (Wildman–Crippen LogP) is 3.40. The Hall–Kier alpha value is -2.73. The molecule has 0 bridgehead atoms. The lowest BCUT2D eigenvalue weighted by Crippen LogP contribution is -2.36. The van der Waals surface area contributed by atoms with E-state index in [-0.39, 0.29) is 18.9 Å². The van der Waals surface area contributed by atoms with Crippen LogP contribution in [0.5, 0.6) is 11.5 Å². The van der Waals surface area contributed by atoms with Gasteiger partial charge in [-0.25, -0.2) is 4.79 Å². The zero-order valence-electron chi connectivity index (χ0n) is 15.4. The Morgan fingerprint density at radius 3 is 2.54 bits per heavy atom. The fraction of sp³-hybridized carbons (Fsp3) is 0.350. The third-order valence-electron chi connectivity index (χ3n) is 4.48. The molecule has 0 radical (unpaired) electrons. The minimum Gasteiger partial charge on any atom is -0.454 e. The van der Waals surface area contributed by atoms with E-state index in [2.05, 4.69) is 46.7 Å². The zero-order valence-corrected chi connectivity index (χ0v) is 15.4. The molecule has 0 spiro atoms. The minimum absolute atomic E-state index is 0.100. The van der Waals surface area contributed by atoms with Crippen molar-refractivity contribution in [3.63, 3.8) is 0 Å². The van der Waals surface area contributed by atoms with Gasteiger partial charge in [0.2, 0.25) is 6.79 Å². The molecular formula is C20H25N3O3. The van der Waals surface area contributed by atoms with Crippen LogP contribution in [-0.2, 0) is 6.42 Å². The number of likely N-dealkylation sites (N-methyl/N-ethyl adjacent to an activating group) is 1. The van der Waals surface area contributed by atoms with Gasteiger partial charge < -0.3 is 25.0 Å². The highest BCUT2D eigenvalue weighted by Crippen LogP contribution is 2.34. The molecule has 1 heterocycles. The maximum absolute atomic E-state index is 12.3. The first-order valence-corrected chi connectivity index (χ1v) is 8.76. The van der Waals surface area contributed by atoms with E-state index >= 15 is 0 Å². The lowest BCUT2D eigenvalue weighted by molar-refractivity contribution is 0.174. The standard InChI is InChI=1S/C20H25N3O3/c1-4-14-5-7-15(8-6-14)17(23(2)3)12-21-20(24)22-16-9-10-18-19(11-16)26-13-25-18/h5-11,17H,4,12-13H2,1-3H3,(H2,21,22,24)/t17-/m1/s1. The quantitative estimate of drug-likeness (QED) is 0.834. The van der Waals surface area contributed by atoms with Gasteiger partial charge in [0.15, 0.2) is 11.5 Å². The summed E-state index contributed by atoms with van der Waals surface area (Å²) in [7, 11) is 4.02. The molecule has 2 N–H and O–H groups in total. The molecule has 138 valence electrons. The first-order valence-electron chi connectivity index (χ1n) is 8.76. The highest BCUT2D eigenvalue weighted by atomic mass is 16.7. The number of urea groups is 1. The van der Waals surface area contributed by atoms with Gasteiger partial charge in [0.05, 0.1) is 6.04 Å². The van der Waals surface area contributed by atoms with Crippen molar-refractivity contribution in [1.29, 1.82) is 0 Å². The average Bonchev–Trinajstić information content (AvgIpc) is 3.10. The second-order valence-corrected chi connectivity index (χ2v) is 6.48. The molecule has 26 heavy (non-hydrogen) atoms. The van der Waals surface area contributed by atoms with Crippen LogP contribution in [0.2, 0.25) is 0 Å². The van der Waals surface area contributed by atoms with E-state index in [0.717, 1.165) is 6.42 Å². The van der Waals surface area contributed by atoms with Gasteiger partial charge in [-0.2, -0.15) is 0 Å². The van der Waals surface area contributed by atoms with E-state index < -0.39 is 0 Å². The van der Waals surface area contributed by atoms with Crippen LogP contribution >= 0.6 is 0 Å². The van der Waals surface area contributed by atoms with Gasteiger partial charge >= 0.3 is 6.03 Å². The topological polar surface area (TPSA) is 62.8 Å². The molecule has 0 saturated heterocycles. The SMILES string of the molecule is CCc1ccc([C@@H](CNC(=O)Nc2ccc3c(c2)OCO3)N(C)C)cc1. The second kappa shape index (κ2) is 8.10. The molecule has 3 rings (SSSR count). The predicted molar refractivity (Wildman–Crippen MR) is 102 cm³/mol. The Morgan fingerprint density at radius 2 is 1.85 bits per heavy atom. The van der Waals surface area contributed by atoms with Crippen LogP contribution in [0.15, 0.2) is 42.5 Å². The summed E-state index contributed by atoms with van der Waals surface area (Å²) in [6.45, 7) is 2.86. The van der Waals surface area contributed by atoms with Crippen molar-refractivity contribution >= 4 is 11.7 Å². The van der Waals surface area contributed by atoms with Crippen molar-refractivity contribution in [3.8, 4) is 11.5 Å². The highest BCUT2D eigenvalue weighted by Gasteiger charge is 2.17. The summed E-state index contributed by atoms with van der Waals surface area (Å²) in [5.41, 5.74) is 3.15. The summed E-state index contributed by atoms with van der Waals surface area (Å²) >= 11 is 0. The number of nitrogens with zero attached hydrogens (tertiary/aromatic N) is 1. The molecule has 1 aliphatic rings. The first-order chi connectivity index (χ1) is 12.6. The number of fused-ring (bicyclic) bond motifs is 1. The van der Waals surface area contributed by atoms with Gasteiger partial charge in [0.1, 0.15) is 0 Å². The molecule has 0 fully saturated rings. The maximum Gasteiger partial charge on any atom is 0.319 e. The number of rotatable bonds is 6. The van der Waals surface area contributed by atoms with Crippen molar-refractivity contribution in [2.24, 2.45) is 0 Å². The Balaban J connectivity index is 1.59. The van der Waals surface area contributed by atoms with Crippen molar-refractivity contribution in [2.45, 2.75) is 19.4 Å². The van der Waals surface area contributed by atoms with Crippen LogP contribution in [0.25, 0.3) is 0 Å². The second-order valence-electron chi connectivity index (χ2n) is 6.48. The molecule has 6 nitrogen and oxygen atoms in total. The van der Waals surface area contributed by atoms with Crippen LogP contribution in [0.3, 0.4) is 0 Å². The molecule has 1 atom stereocenters. The summed E-state index contributed by atoms with van der Waals surface area (Å²) in [4.78, 5) is 14.4. The third-order valence-corrected chi connectivity index (χ3v) is 4.48. The van der Waals surface area contributed by atoms with Crippen LogP contribution in [0.1, 0.15) is 24.1 Å². The maximum atomic E-state index is 12.3. The number of benzene rings is 2. The van der Waals surface area contributed by atoms with Crippen LogP contribution in [0, 0.1) is 0 Å². The zero-order chi connectivity index (χ0) is 18.5. The van der Waals surface area contributed by atoms with Gasteiger partial charge in [-0.05, 0) is 43.8 Å². The molecule has 1 aliphatic heterocycles. The molecule has 0 saturated carbocycles. The van der Waals surface area contributed by atoms with Crippen molar-refractivity contribution in [2.75, 3.05) is 32.7 Å². The number of nitrogens with one attached hydrogen (secondary N) is 2. The summed E-state index contributed by atoms with van der Waals surface area (Å²) in [5.74, 6) is 1.34. The monoisotopic (exact) mass is 355 g/mol. The first kappa shape index (κ1) is 18.1. The molecular weight excluding hydrogens is 330 g/mol. The van der Waals surface area contributed by atoms with Crippen molar-refractivity contribution in [3.05, 3.63) is 53.6 Å². The summed E-state index contributed by atoms with van der Waals surface area (Å²) in [5, 5.41) is 5.78. The molecule has 6 heteroatoms. The van der Waals surface area contributed by atoms with Gasteiger partial charge in [-0.1, -0.05) is 31.2 Å². The highest BCUT2D eigenvalue weighted by molar-refractivity contribution is 5.89. The Kier molecular flexibility index (Phi) is 5.63. The molecule has 0 aromatic heterocycles. The molecule has 0 unspecified atom stereocenters. The van der Waals surface area contributed by atoms with E-state index in [4.69, 9.17) is 9.47 Å². The smallest absolute Gasteiger partial charge is 0.319 e. The van der Waals surface area contributed by atoms with Gasteiger partial charge in [-0.15, -0.1) is 0 Å². The van der Waals surface area contributed by atoms with E-state index in [0.29, 0.717) is 23.7 Å². The van der Waals surface area contributed by atoms with Crippen LogP contribution in [-0.4, -0.2) is 38.4 Å². The summed E-state index contributed by atoms with van der Waals surface area (Å²) < 4.78 is 10.6. The van der Waals surface area contributed by atoms with E-state index in [1.54, 1.807) is 18.2 Å². The normalized spacial score (nSPS) is 13.5. The van der Waals surface area contributed by atoms with Crippen LogP contribution in [0.4, 0.5) is 10.5 Å². The number of carbonyl (C=O) groups is 1. The number of hydrogen-bond donors (Lipinski definition) is 2. The number of ether oxygens (including phenoxy) is 2. The summed E-state index contributed by atoms with van der Waals surface area (Å²) in [6.07, 6.45) is 1.02. The number of anilines is 1. The average molecular weight is 355 g/mol. The van der Waals surface area contributed by atoms with Gasteiger partial charge in [0.25, 0.3) is 0 Å². The lowest BCUT2D eigenvalue weighted by Gasteiger charge is -2.25. The fourth-order valence-electron chi connectivity index (χ4n) is 2.91. The Morgan fingerprint density at radius 1 is 1.12 bits per heavy atom. The fourth-order valence-corrected chi connectivity index (χ4v) is 2.91. The number of amides is 2. The molecule has 2 aromatic carbocycles. The van der Waals surface area contributed by atoms with Crippen LogP contribution < -0.4 is 20.1 Å². The van der Waals surface area contributed by atoms with Gasteiger partial charge in [0, 0.05) is 18.3 Å². The Bertz CT molecular complexity index is 759. The summed E-state index contributed by atoms with van der Waals surface area (Å²) in [6, 6.07) is 13.7. The van der Waals surface area contributed by atoms with E-state index in [9.17, 15) is 4.79 Å². The van der Waals surface area contributed by atoms with E-state index in [1.807, 2.05) is 14.1 Å². The molecule has 0 aliphatic carbocycles. The number of aryl methyl sites for hydroxylation is 1. The number of hydrogen-bond acceptors (Lipinski definition) is 4. The third kappa shape index (κ3) is 4.26. The lowest BCUT2D eigenvalue weighted by atomic mass is 10.0. The Labute approximate surface area is 154 Å². The van der Waals surface area contributed by atoms with E-state index in [1.165, 1.54) is 11.1 Å². The van der Waals surface area contributed by atoms with Crippen molar-refractivity contribution < 1.29 is 14.3 Å². The van der Waals surface area contributed by atoms with Gasteiger partial charge in [-0.3, -0.25) is 0 Å². The largest absolute Gasteiger partial charge is 0.454 e.